The van der Waals surface area contributed by atoms with Crippen LogP contribution in [0.15, 0.2) is 30.4 Å². The van der Waals surface area contributed by atoms with E-state index >= 15 is 0 Å². The molecule has 0 spiro atoms. The Morgan fingerprint density at radius 1 is 0.938 bits per heavy atom. The third-order valence-electron chi connectivity index (χ3n) is 3.74. The first-order chi connectivity index (χ1) is 15.4. The highest BCUT2D eigenvalue weighted by Crippen LogP contribution is 2.13. The van der Waals surface area contributed by atoms with Gasteiger partial charge in [-0.25, -0.2) is 9.59 Å². The molecule has 0 aliphatic heterocycles. The van der Waals surface area contributed by atoms with Crippen molar-refractivity contribution in [3.8, 4) is 12.3 Å². The number of terminal acetylenes is 1. The van der Waals surface area contributed by atoms with Crippen molar-refractivity contribution >= 4 is 23.6 Å². The zero-order valence-electron chi connectivity index (χ0n) is 17.6. The van der Waals surface area contributed by atoms with Crippen LogP contribution in [-0.4, -0.2) is 82.0 Å². The Morgan fingerprint density at radius 2 is 1.53 bits per heavy atom. The molecule has 1 aromatic carbocycles. The Morgan fingerprint density at radius 3 is 2.16 bits per heavy atom. The van der Waals surface area contributed by atoms with Crippen molar-refractivity contribution in [2.75, 3.05) is 53.3 Å². The fraction of sp³-hybridized carbons (Fsp3) is 0.364. The van der Waals surface area contributed by atoms with Gasteiger partial charge in [0.2, 0.25) is 0 Å². The van der Waals surface area contributed by atoms with Gasteiger partial charge in [-0.3, -0.25) is 9.59 Å². The zero-order chi connectivity index (χ0) is 23.8. The average Bonchev–Trinajstić information content (AvgIpc) is 2.79. The third-order valence-corrected chi connectivity index (χ3v) is 3.74. The molecule has 2 N–H and O–H groups in total. The van der Waals surface area contributed by atoms with Crippen molar-refractivity contribution in [1.82, 2.24) is 5.32 Å². The van der Waals surface area contributed by atoms with E-state index < -0.39 is 23.6 Å². The summed E-state index contributed by atoms with van der Waals surface area (Å²) in [5.41, 5.74) is -0.0164. The second-order valence-corrected chi connectivity index (χ2v) is 6.06. The van der Waals surface area contributed by atoms with Crippen LogP contribution in [0.2, 0.25) is 0 Å². The number of esters is 1. The van der Waals surface area contributed by atoms with Crippen molar-refractivity contribution in [2.45, 2.75) is 0 Å². The maximum atomic E-state index is 12.4. The van der Waals surface area contributed by atoms with Gasteiger partial charge in [-0.15, -0.1) is 6.42 Å². The van der Waals surface area contributed by atoms with Crippen LogP contribution >= 0.6 is 0 Å². The molecule has 0 atom stereocenters. The van der Waals surface area contributed by atoms with Crippen LogP contribution in [0.1, 0.15) is 31.1 Å². The Kier molecular flexibility index (Phi) is 12.7. The molecule has 10 heteroatoms. The minimum absolute atomic E-state index is 0.0214. The van der Waals surface area contributed by atoms with Gasteiger partial charge in [0.05, 0.1) is 45.7 Å². The summed E-state index contributed by atoms with van der Waals surface area (Å²) in [6.45, 7) is 2.07. The minimum Gasteiger partial charge on any atom is -0.478 e. The number of methoxy groups -OCH3 is 1. The quantitative estimate of drug-likeness (QED) is 0.131. The molecule has 1 aromatic rings. The monoisotopic (exact) mass is 447 g/mol. The van der Waals surface area contributed by atoms with Crippen molar-refractivity contribution in [3.05, 3.63) is 47.0 Å². The van der Waals surface area contributed by atoms with Gasteiger partial charge >= 0.3 is 11.9 Å². The van der Waals surface area contributed by atoms with E-state index in [1.54, 1.807) is 0 Å². The largest absolute Gasteiger partial charge is 0.478 e. The summed E-state index contributed by atoms with van der Waals surface area (Å²) in [6.07, 6.45) is 6.54. The van der Waals surface area contributed by atoms with Gasteiger partial charge in [0.1, 0.15) is 6.61 Å². The molecule has 10 nitrogen and oxygen atoms in total. The molecular formula is C22H25NO9. The molecule has 0 bridgehead atoms. The van der Waals surface area contributed by atoms with E-state index in [-0.39, 0.29) is 36.4 Å². The highest BCUT2D eigenvalue weighted by Gasteiger charge is 2.16. The molecule has 1 rings (SSSR count). The fourth-order valence-electron chi connectivity index (χ4n) is 2.29. The Bertz CT molecular complexity index is 871. The standard InChI is InChI=1S/C22H25NO9/c1-3-7-30-9-11-32-12-10-31-8-6-23-21(27)17-13-16(19(24)4-5-20(25)26)14-18(15-17)22(28)29-2/h1,4-5,13-15H,6-12H2,2H3,(H,23,27)(H,25,26)/b5-4+. The van der Waals surface area contributed by atoms with Gasteiger partial charge in [-0.05, 0) is 24.3 Å². The van der Waals surface area contributed by atoms with Gasteiger partial charge in [-0.1, -0.05) is 5.92 Å². The van der Waals surface area contributed by atoms with Gasteiger partial charge in [0, 0.05) is 23.7 Å². The second-order valence-electron chi connectivity index (χ2n) is 6.06. The predicted molar refractivity (Wildman–Crippen MR) is 113 cm³/mol. The lowest BCUT2D eigenvalue weighted by atomic mass is 10.0. The SMILES string of the molecule is C#CCOCCOCCOCCNC(=O)c1cc(C(=O)/C=C/C(=O)O)cc(C(=O)OC)c1. The average molecular weight is 447 g/mol. The highest BCUT2D eigenvalue weighted by molar-refractivity contribution is 6.09. The Hall–Kier alpha value is -3.52. The summed E-state index contributed by atoms with van der Waals surface area (Å²) >= 11 is 0. The maximum absolute atomic E-state index is 12.4. The summed E-state index contributed by atoms with van der Waals surface area (Å²) < 4.78 is 20.3. The summed E-state index contributed by atoms with van der Waals surface area (Å²) in [7, 11) is 1.16. The molecule has 0 saturated carbocycles. The normalized spacial score (nSPS) is 10.5. The number of carbonyl (C=O) groups is 4. The van der Waals surface area contributed by atoms with Crippen molar-refractivity contribution < 1.29 is 43.2 Å². The van der Waals surface area contributed by atoms with E-state index in [0.29, 0.717) is 32.5 Å². The number of hydrogen-bond donors (Lipinski definition) is 2. The number of nitrogens with one attached hydrogen (secondary N) is 1. The number of hydrogen-bond acceptors (Lipinski definition) is 8. The molecule has 0 aliphatic rings. The van der Waals surface area contributed by atoms with Crippen molar-refractivity contribution in [1.29, 1.82) is 0 Å². The molecule has 0 aliphatic carbocycles. The smallest absolute Gasteiger partial charge is 0.337 e. The van der Waals surface area contributed by atoms with Crippen LogP contribution < -0.4 is 5.32 Å². The van der Waals surface area contributed by atoms with E-state index in [9.17, 15) is 19.2 Å². The molecule has 172 valence electrons. The van der Waals surface area contributed by atoms with Crippen LogP contribution in [0.3, 0.4) is 0 Å². The number of amides is 1. The van der Waals surface area contributed by atoms with Crippen molar-refractivity contribution in [2.24, 2.45) is 0 Å². The first-order valence-electron chi connectivity index (χ1n) is 9.52. The topological polar surface area (TPSA) is 137 Å². The summed E-state index contributed by atoms with van der Waals surface area (Å²) in [4.78, 5) is 47.0. The fourth-order valence-corrected chi connectivity index (χ4v) is 2.29. The Balaban J connectivity index is 2.56. The van der Waals surface area contributed by atoms with Crippen LogP contribution in [0.4, 0.5) is 0 Å². The number of carbonyl (C=O) groups excluding carboxylic acids is 3. The summed E-state index contributed by atoms with van der Waals surface area (Å²) in [6, 6.07) is 3.75. The zero-order valence-corrected chi connectivity index (χ0v) is 17.6. The third kappa shape index (κ3) is 10.5. The van der Waals surface area contributed by atoms with Crippen LogP contribution in [0.25, 0.3) is 0 Å². The summed E-state index contributed by atoms with van der Waals surface area (Å²) in [5, 5.41) is 11.3. The molecule has 0 saturated heterocycles. The van der Waals surface area contributed by atoms with E-state index in [0.717, 1.165) is 13.2 Å². The minimum atomic E-state index is -1.30. The number of benzene rings is 1. The van der Waals surface area contributed by atoms with Crippen molar-refractivity contribution in [3.63, 3.8) is 0 Å². The number of rotatable bonds is 15. The van der Waals surface area contributed by atoms with Crippen LogP contribution in [0.5, 0.6) is 0 Å². The van der Waals surface area contributed by atoms with E-state index in [1.807, 2.05) is 0 Å². The van der Waals surface area contributed by atoms with Gasteiger partial charge < -0.3 is 29.4 Å². The van der Waals surface area contributed by atoms with Crippen LogP contribution in [-0.2, 0) is 23.7 Å². The number of aliphatic carboxylic acids is 1. The molecule has 1 amide bonds. The van der Waals surface area contributed by atoms with Gasteiger partial charge in [-0.2, -0.15) is 0 Å². The molecular weight excluding hydrogens is 422 g/mol. The molecule has 0 aromatic heterocycles. The molecule has 32 heavy (non-hydrogen) atoms. The van der Waals surface area contributed by atoms with Crippen LogP contribution in [0, 0.1) is 12.3 Å². The van der Waals surface area contributed by atoms with E-state index in [4.69, 9.17) is 25.7 Å². The first kappa shape index (κ1) is 26.5. The maximum Gasteiger partial charge on any atom is 0.337 e. The molecule has 0 fully saturated rings. The molecule has 0 heterocycles. The lowest BCUT2D eigenvalue weighted by Crippen LogP contribution is -2.28. The molecule has 0 radical (unpaired) electrons. The number of allylic oxidation sites excluding steroid dienone is 1. The lowest BCUT2D eigenvalue weighted by Gasteiger charge is -2.09. The second kappa shape index (κ2) is 15.3. The van der Waals surface area contributed by atoms with E-state index in [2.05, 4.69) is 16.0 Å². The number of carboxylic acids is 1. The van der Waals surface area contributed by atoms with Gasteiger partial charge in [0.15, 0.2) is 5.78 Å². The Labute approximate surface area is 185 Å². The van der Waals surface area contributed by atoms with E-state index in [1.165, 1.54) is 18.2 Å². The number of carboxylic acid groups (broad SMARTS) is 1. The predicted octanol–water partition coefficient (Wildman–Crippen LogP) is 0.710. The number of ketones is 1. The highest BCUT2D eigenvalue weighted by atomic mass is 16.5. The lowest BCUT2D eigenvalue weighted by molar-refractivity contribution is -0.131. The molecule has 0 unspecified atom stereocenters. The number of ether oxygens (including phenoxy) is 4. The summed E-state index contributed by atoms with van der Waals surface area (Å²) in [5.74, 6) is -0.931. The first-order valence-corrected chi connectivity index (χ1v) is 9.52. The van der Waals surface area contributed by atoms with Gasteiger partial charge in [0.25, 0.3) is 5.91 Å².